The first kappa shape index (κ1) is 16.9. The molecule has 1 amide bonds. The summed E-state index contributed by atoms with van der Waals surface area (Å²) in [6.07, 6.45) is 1.60. The second kappa shape index (κ2) is 7.36. The normalized spacial score (nSPS) is 16.7. The van der Waals surface area contributed by atoms with E-state index in [0.717, 1.165) is 19.5 Å². The average molecular weight is 353 g/mol. The van der Waals surface area contributed by atoms with E-state index in [4.69, 9.17) is 0 Å². The van der Waals surface area contributed by atoms with Gasteiger partial charge in [0.2, 0.25) is 5.91 Å². The Hall–Kier alpha value is -2.56. The fraction of sp³-hybridized carbons (Fsp3) is 0.381. The summed E-state index contributed by atoms with van der Waals surface area (Å²) in [5.41, 5.74) is 3.27. The van der Waals surface area contributed by atoms with Crippen LogP contribution < -0.4 is 9.80 Å². The molecule has 0 saturated carbocycles. The van der Waals surface area contributed by atoms with Crippen LogP contribution >= 0.6 is 0 Å². The van der Waals surface area contributed by atoms with E-state index in [1.807, 2.05) is 15.9 Å². The molecule has 2 aromatic rings. The number of nitrogens with zero attached hydrogens (tertiary/aromatic N) is 3. The summed E-state index contributed by atoms with van der Waals surface area (Å²) in [6, 6.07) is 15.3. The van der Waals surface area contributed by atoms with Gasteiger partial charge in [0.1, 0.15) is 5.82 Å². The van der Waals surface area contributed by atoms with Gasteiger partial charge in [0, 0.05) is 51.4 Å². The van der Waals surface area contributed by atoms with Gasteiger partial charge in [0.05, 0.1) is 5.69 Å². The van der Waals surface area contributed by atoms with Crippen molar-refractivity contribution < 1.29 is 9.18 Å². The zero-order valence-corrected chi connectivity index (χ0v) is 14.9. The van der Waals surface area contributed by atoms with Crippen LogP contribution in [0.25, 0.3) is 0 Å². The first-order valence-corrected chi connectivity index (χ1v) is 9.32. The molecule has 0 unspecified atom stereocenters. The Morgan fingerprint density at radius 1 is 0.885 bits per heavy atom. The van der Waals surface area contributed by atoms with Gasteiger partial charge >= 0.3 is 0 Å². The highest BCUT2D eigenvalue weighted by atomic mass is 19.1. The second-order valence-corrected chi connectivity index (χ2v) is 6.94. The standard InChI is InChI=1S/C21H24FN3O/c22-18-6-2-4-8-20(18)24-13-15-25(16-14-24)21(26)10-12-23-11-9-17-5-1-3-7-19(17)23/h1-8H,9-16H2. The van der Waals surface area contributed by atoms with Crippen LogP contribution in [0, 0.1) is 5.82 Å². The Labute approximate surface area is 153 Å². The van der Waals surface area contributed by atoms with Crippen molar-refractivity contribution in [2.45, 2.75) is 12.8 Å². The number of rotatable bonds is 4. The molecular weight excluding hydrogens is 329 g/mol. The third-order valence-corrected chi connectivity index (χ3v) is 5.40. The molecule has 0 aromatic heterocycles. The van der Waals surface area contributed by atoms with Gasteiger partial charge < -0.3 is 14.7 Å². The topological polar surface area (TPSA) is 26.8 Å². The van der Waals surface area contributed by atoms with Crippen LogP contribution in [0.3, 0.4) is 0 Å². The minimum Gasteiger partial charge on any atom is -0.370 e. The smallest absolute Gasteiger partial charge is 0.224 e. The lowest BCUT2D eigenvalue weighted by Gasteiger charge is -2.36. The molecule has 1 fully saturated rings. The summed E-state index contributed by atoms with van der Waals surface area (Å²) in [4.78, 5) is 18.8. The predicted octanol–water partition coefficient (Wildman–Crippen LogP) is 2.93. The largest absolute Gasteiger partial charge is 0.370 e. The Balaban J connectivity index is 1.29. The van der Waals surface area contributed by atoms with Crippen LogP contribution in [0.1, 0.15) is 12.0 Å². The van der Waals surface area contributed by atoms with Gasteiger partial charge in [-0.2, -0.15) is 0 Å². The molecule has 0 N–H and O–H groups in total. The first-order chi connectivity index (χ1) is 12.7. The van der Waals surface area contributed by atoms with Crippen molar-refractivity contribution in [1.29, 1.82) is 0 Å². The number of anilines is 2. The van der Waals surface area contributed by atoms with Crippen LogP contribution in [0.4, 0.5) is 15.8 Å². The summed E-state index contributed by atoms with van der Waals surface area (Å²) in [5.74, 6) is 0.00235. The number of halogens is 1. The molecule has 1 saturated heterocycles. The minimum atomic E-state index is -0.194. The number of hydrogen-bond donors (Lipinski definition) is 0. The SMILES string of the molecule is O=C(CCN1CCc2ccccc21)N1CCN(c2ccccc2F)CC1. The van der Waals surface area contributed by atoms with Gasteiger partial charge in [-0.15, -0.1) is 0 Å². The van der Waals surface area contributed by atoms with E-state index < -0.39 is 0 Å². The molecule has 0 aliphatic carbocycles. The third kappa shape index (κ3) is 3.39. The van der Waals surface area contributed by atoms with Crippen molar-refractivity contribution in [2.75, 3.05) is 49.1 Å². The number of carbonyl (C=O) groups is 1. The highest BCUT2D eigenvalue weighted by molar-refractivity contribution is 5.77. The number of carbonyl (C=O) groups excluding carboxylic acids is 1. The van der Waals surface area contributed by atoms with Crippen molar-refractivity contribution in [3.63, 3.8) is 0 Å². The quantitative estimate of drug-likeness (QED) is 0.846. The maximum atomic E-state index is 13.9. The molecule has 26 heavy (non-hydrogen) atoms. The molecule has 0 spiro atoms. The maximum Gasteiger partial charge on any atom is 0.224 e. The van der Waals surface area contributed by atoms with Gasteiger partial charge in [0.25, 0.3) is 0 Å². The average Bonchev–Trinajstić information content (AvgIpc) is 3.10. The van der Waals surface area contributed by atoms with Crippen molar-refractivity contribution in [3.8, 4) is 0 Å². The molecule has 2 aromatic carbocycles. The van der Waals surface area contributed by atoms with E-state index in [9.17, 15) is 9.18 Å². The summed E-state index contributed by atoms with van der Waals surface area (Å²) >= 11 is 0. The number of piperazine rings is 1. The summed E-state index contributed by atoms with van der Waals surface area (Å²) in [7, 11) is 0. The Kier molecular flexibility index (Phi) is 4.78. The molecule has 5 heteroatoms. The van der Waals surface area contributed by atoms with Crippen LogP contribution in [0.2, 0.25) is 0 Å². The van der Waals surface area contributed by atoms with Gasteiger partial charge in [-0.1, -0.05) is 30.3 Å². The molecule has 2 aliphatic heterocycles. The minimum absolute atomic E-state index is 0.194. The van der Waals surface area contributed by atoms with E-state index >= 15 is 0 Å². The summed E-state index contributed by atoms with van der Waals surface area (Å²) < 4.78 is 13.9. The van der Waals surface area contributed by atoms with Crippen molar-refractivity contribution in [1.82, 2.24) is 4.90 Å². The molecule has 0 atom stereocenters. The number of fused-ring (bicyclic) bond motifs is 1. The van der Waals surface area contributed by atoms with Crippen LogP contribution in [-0.2, 0) is 11.2 Å². The Morgan fingerprint density at radius 3 is 2.35 bits per heavy atom. The van der Waals surface area contributed by atoms with E-state index in [0.29, 0.717) is 38.3 Å². The summed E-state index contributed by atoms with van der Waals surface area (Å²) in [6.45, 7) is 4.43. The first-order valence-electron chi connectivity index (χ1n) is 9.32. The van der Waals surface area contributed by atoms with E-state index in [-0.39, 0.29) is 11.7 Å². The van der Waals surface area contributed by atoms with E-state index in [1.54, 1.807) is 12.1 Å². The van der Waals surface area contributed by atoms with Crippen LogP contribution in [0.5, 0.6) is 0 Å². The zero-order valence-electron chi connectivity index (χ0n) is 14.9. The van der Waals surface area contributed by atoms with E-state index in [2.05, 4.69) is 29.2 Å². The highest BCUT2D eigenvalue weighted by Gasteiger charge is 2.24. The molecule has 2 heterocycles. The summed E-state index contributed by atoms with van der Waals surface area (Å²) in [5, 5.41) is 0. The molecular formula is C21H24FN3O. The van der Waals surface area contributed by atoms with Gasteiger partial charge in [-0.05, 0) is 30.2 Å². The second-order valence-electron chi connectivity index (χ2n) is 6.94. The van der Waals surface area contributed by atoms with Crippen LogP contribution in [0.15, 0.2) is 48.5 Å². The molecule has 4 nitrogen and oxygen atoms in total. The number of hydrogen-bond acceptors (Lipinski definition) is 3. The van der Waals surface area contributed by atoms with Crippen molar-refractivity contribution in [2.24, 2.45) is 0 Å². The maximum absolute atomic E-state index is 13.9. The monoisotopic (exact) mass is 353 g/mol. The lowest BCUT2D eigenvalue weighted by atomic mass is 10.2. The Morgan fingerprint density at radius 2 is 1.58 bits per heavy atom. The number of benzene rings is 2. The highest BCUT2D eigenvalue weighted by Crippen LogP contribution is 2.27. The van der Waals surface area contributed by atoms with Gasteiger partial charge in [-0.25, -0.2) is 4.39 Å². The number of amides is 1. The number of para-hydroxylation sites is 2. The third-order valence-electron chi connectivity index (χ3n) is 5.40. The molecule has 136 valence electrons. The molecule has 4 rings (SSSR count). The van der Waals surface area contributed by atoms with Crippen molar-refractivity contribution in [3.05, 3.63) is 59.9 Å². The van der Waals surface area contributed by atoms with Gasteiger partial charge in [-0.3, -0.25) is 4.79 Å². The lowest BCUT2D eigenvalue weighted by molar-refractivity contribution is -0.131. The fourth-order valence-corrected chi connectivity index (χ4v) is 3.93. The Bertz CT molecular complexity index is 786. The molecule has 0 bridgehead atoms. The van der Waals surface area contributed by atoms with Crippen LogP contribution in [-0.4, -0.2) is 50.1 Å². The lowest BCUT2D eigenvalue weighted by Crippen LogP contribution is -2.49. The van der Waals surface area contributed by atoms with Crippen molar-refractivity contribution >= 4 is 17.3 Å². The van der Waals surface area contributed by atoms with Gasteiger partial charge in [0.15, 0.2) is 0 Å². The zero-order chi connectivity index (χ0) is 17.9. The predicted molar refractivity (Wildman–Crippen MR) is 102 cm³/mol. The molecule has 0 radical (unpaired) electrons. The fourth-order valence-electron chi connectivity index (χ4n) is 3.93. The van der Waals surface area contributed by atoms with E-state index in [1.165, 1.54) is 17.3 Å². The molecule has 2 aliphatic rings.